The van der Waals surface area contributed by atoms with Gasteiger partial charge in [0.05, 0.1) is 7.11 Å². The number of carbonyl (C=O) groups is 1. The molecule has 5 nitrogen and oxygen atoms in total. The molecule has 4 rings (SSSR count). The zero-order valence-electron chi connectivity index (χ0n) is 15.5. The van der Waals surface area contributed by atoms with Crippen LogP contribution in [0.4, 0.5) is 5.69 Å². The Kier molecular flexibility index (Phi) is 5.06. The molecular formula is C23H17ClN2O3. The number of methoxy groups -OCH3 is 1. The van der Waals surface area contributed by atoms with Crippen LogP contribution in [0, 0.1) is 0 Å². The molecule has 0 saturated heterocycles. The van der Waals surface area contributed by atoms with Crippen molar-refractivity contribution in [3.63, 3.8) is 0 Å². The summed E-state index contributed by atoms with van der Waals surface area (Å²) in [7, 11) is 1.57. The molecule has 1 heterocycles. The number of aromatic nitrogens is 1. The van der Waals surface area contributed by atoms with E-state index in [2.05, 4.69) is 10.3 Å². The third-order valence-corrected chi connectivity index (χ3v) is 4.85. The minimum absolute atomic E-state index is 0.0294. The molecule has 0 aliphatic rings. The Morgan fingerprint density at radius 2 is 1.72 bits per heavy atom. The van der Waals surface area contributed by atoms with Crippen molar-refractivity contribution in [1.82, 2.24) is 4.98 Å². The maximum Gasteiger partial charge on any atom is 0.261 e. The van der Waals surface area contributed by atoms with Gasteiger partial charge in [0.2, 0.25) is 0 Å². The minimum atomic E-state index is -0.503. The first-order valence-corrected chi connectivity index (χ1v) is 9.31. The van der Waals surface area contributed by atoms with Crippen molar-refractivity contribution < 1.29 is 9.53 Å². The highest BCUT2D eigenvalue weighted by Crippen LogP contribution is 2.31. The molecule has 0 fully saturated rings. The van der Waals surface area contributed by atoms with Crippen LogP contribution in [0.5, 0.6) is 5.75 Å². The standard InChI is InChI=1S/C23H17ClN2O3/c1-29-17-10-8-16(9-11-17)25-22(27)21-20(14-5-3-2-4-6-14)18-13-15(24)7-12-19(18)26-23(21)28/h2-13H,1H3,(H,25,27)(H,26,28). The first kappa shape index (κ1) is 18.8. The summed E-state index contributed by atoms with van der Waals surface area (Å²) in [6.45, 7) is 0. The number of pyridine rings is 1. The summed E-state index contributed by atoms with van der Waals surface area (Å²) >= 11 is 6.20. The number of ether oxygens (including phenoxy) is 1. The molecule has 0 saturated carbocycles. The van der Waals surface area contributed by atoms with E-state index in [1.807, 2.05) is 30.3 Å². The first-order chi connectivity index (χ1) is 14.1. The predicted octanol–water partition coefficient (Wildman–Crippen LogP) is 5.11. The Bertz CT molecular complexity index is 1250. The maximum atomic E-state index is 13.1. The highest BCUT2D eigenvalue weighted by atomic mass is 35.5. The average Bonchev–Trinajstić information content (AvgIpc) is 2.74. The number of nitrogens with one attached hydrogen (secondary N) is 2. The molecule has 0 radical (unpaired) electrons. The van der Waals surface area contributed by atoms with Crippen molar-refractivity contribution in [2.75, 3.05) is 12.4 Å². The van der Waals surface area contributed by atoms with E-state index in [4.69, 9.17) is 16.3 Å². The number of halogens is 1. The van der Waals surface area contributed by atoms with Gasteiger partial charge in [-0.15, -0.1) is 0 Å². The Morgan fingerprint density at radius 3 is 2.41 bits per heavy atom. The number of anilines is 1. The van der Waals surface area contributed by atoms with Crippen molar-refractivity contribution >= 4 is 34.1 Å². The normalized spacial score (nSPS) is 10.7. The lowest BCUT2D eigenvalue weighted by Crippen LogP contribution is -2.24. The van der Waals surface area contributed by atoms with E-state index < -0.39 is 11.5 Å². The molecule has 0 aliphatic heterocycles. The van der Waals surface area contributed by atoms with Gasteiger partial charge in [-0.2, -0.15) is 0 Å². The van der Waals surface area contributed by atoms with Crippen LogP contribution in [-0.4, -0.2) is 18.0 Å². The van der Waals surface area contributed by atoms with Crippen LogP contribution in [-0.2, 0) is 0 Å². The number of carbonyl (C=O) groups excluding carboxylic acids is 1. The summed E-state index contributed by atoms with van der Waals surface area (Å²) < 4.78 is 5.13. The number of rotatable bonds is 4. The van der Waals surface area contributed by atoms with E-state index in [1.54, 1.807) is 49.6 Å². The summed E-state index contributed by atoms with van der Waals surface area (Å²) in [6, 6.07) is 21.4. The van der Waals surface area contributed by atoms with Gasteiger partial charge in [0.25, 0.3) is 11.5 Å². The summed E-state index contributed by atoms with van der Waals surface area (Å²) in [5.41, 5.74) is 2.02. The van der Waals surface area contributed by atoms with Crippen LogP contribution in [0.1, 0.15) is 10.4 Å². The molecule has 1 amide bonds. The lowest BCUT2D eigenvalue weighted by molar-refractivity contribution is 0.102. The number of benzene rings is 3. The van der Waals surface area contributed by atoms with Gasteiger partial charge in [0.1, 0.15) is 11.3 Å². The van der Waals surface area contributed by atoms with E-state index >= 15 is 0 Å². The van der Waals surface area contributed by atoms with Gasteiger partial charge < -0.3 is 15.0 Å². The fraction of sp³-hybridized carbons (Fsp3) is 0.0435. The van der Waals surface area contributed by atoms with Crippen LogP contribution in [0.15, 0.2) is 77.6 Å². The summed E-state index contributed by atoms with van der Waals surface area (Å²) in [5, 5.41) is 4.01. The summed E-state index contributed by atoms with van der Waals surface area (Å²) in [6.07, 6.45) is 0. The third-order valence-electron chi connectivity index (χ3n) is 4.61. The zero-order valence-corrected chi connectivity index (χ0v) is 16.3. The molecule has 0 unspecified atom stereocenters. The SMILES string of the molecule is COc1ccc(NC(=O)c2c(-c3ccccc3)c3cc(Cl)ccc3[nH]c2=O)cc1. The molecule has 2 N–H and O–H groups in total. The fourth-order valence-corrected chi connectivity index (χ4v) is 3.43. The Morgan fingerprint density at radius 1 is 1.00 bits per heavy atom. The van der Waals surface area contributed by atoms with Gasteiger partial charge in [-0.25, -0.2) is 0 Å². The van der Waals surface area contributed by atoms with Crippen LogP contribution in [0.3, 0.4) is 0 Å². The van der Waals surface area contributed by atoms with Crippen molar-refractivity contribution in [3.05, 3.63) is 93.7 Å². The van der Waals surface area contributed by atoms with Crippen LogP contribution < -0.4 is 15.6 Å². The Balaban J connectivity index is 1.89. The fourth-order valence-electron chi connectivity index (χ4n) is 3.25. The van der Waals surface area contributed by atoms with E-state index in [1.165, 1.54) is 0 Å². The van der Waals surface area contributed by atoms with Gasteiger partial charge in [-0.3, -0.25) is 9.59 Å². The maximum absolute atomic E-state index is 13.1. The zero-order chi connectivity index (χ0) is 20.4. The second-order valence-corrected chi connectivity index (χ2v) is 6.88. The van der Waals surface area contributed by atoms with Crippen LogP contribution >= 0.6 is 11.6 Å². The molecule has 0 spiro atoms. The Hall–Kier alpha value is -3.57. The Labute approximate surface area is 171 Å². The second-order valence-electron chi connectivity index (χ2n) is 6.44. The van der Waals surface area contributed by atoms with E-state index in [0.717, 1.165) is 5.56 Å². The molecule has 0 bridgehead atoms. The van der Waals surface area contributed by atoms with Crippen molar-refractivity contribution in [2.24, 2.45) is 0 Å². The van der Waals surface area contributed by atoms with Gasteiger partial charge in [0, 0.05) is 27.2 Å². The molecule has 1 aromatic heterocycles. The van der Waals surface area contributed by atoms with E-state index in [0.29, 0.717) is 32.9 Å². The van der Waals surface area contributed by atoms with Gasteiger partial charge in [-0.1, -0.05) is 41.9 Å². The van der Waals surface area contributed by atoms with Gasteiger partial charge in [-0.05, 0) is 48.0 Å². The van der Waals surface area contributed by atoms with Gasteiger partial charge in [0.15, 0.2) is 0 Å². The topological polar surface area (TPSA) is 71.2 Å². The average molecular weight is 405 g/mol. The molecule has 4 aromatic rings. The van der Waals surface area contributed by atoms with Crippen molar-refractivity contribution in [1.29, 1.82) is 0 Å². The van der Waals surface area contributed by atoms with E-state index in [-0.39, 0.29) is 5.56 Å². The number of fused-ring (bicyclic) bond motifs is 1. The number of H-pyrrole nitrogens is 1. The van der Waals surface area contributed by atoms with Crippen LogP contribution in [0.2, 0.25) is 5.02 Å². The molecular weight excluding hydrogens is 388 g/mol. The second kappa shape index (κ2) is 7.81. The number of amides is 1. The molecule has 3 aromatic carbocycles. The van der Waals surface area contributed by atoms with Crippen LogP contribution in [0.25, 0.3) is 22.0 Å². The highest BCUT2D eigenvalue weighted by Gasteiger charge is 2.21. The third kappa shape index (κ3) is 3.73. The highest BCUT2D eigenvalue weighted by molar-refractivity contribution is 6.31. The predicted molar refractivity (Wildman–Crippen MR) is 116 cm³/mol. The molecule has 0 aliphatic carbocycles. The monoisotopic (exact) mass is 404 g/mol. The number of aromatic amines is 1. The number of hydrogen-bond acceptors (Lipinski definition) is 3. The van der Waals surface area contributed by atoms with E-state index in [9.17, 15) is 9.59 Å². The van der Waals surface area contributed by atoms with Crippen molar-refractivity contribution in [3.8, 4) is 16.9 Å². The lowest BCUT2D eigenvalue weighted by atomic mass is 9.95. The molecule has 144 valence electrons. The summed E-state index contributed by atoms with van der Waals surface area (Å²) in [4.78, 5) is 28.8. The molecule has 6 heteroatoms. The smallest absolute Gasteiger partial charge is 0.261 e. The molecule has 29 heavy (non-hydrogen) atoms. The van der Waals surface area contributed by atoms with Gasteiger partial charge >= 0.3 is 0 Å². The first-order valence-electron chi connectivity index (χ1n) is 8.93. The van der Waals surface area contributed by atoms with Crippen molar-refractivity contribution in [2.45, 2.75) is 0 Å². The quantitative estimate of drug-likeness (QED) is 0.496. The number of hydrogen-bond donors (Lipinski definition) is 2. The minimum Gasteiger partial charge on any atom is -0.497 e. The lowest BCUT2D eigenvalue weighted by Gasteiger charge is -2.13. The summed E-state index contributed by atoms with van der Waals surface area (Å²) in [5.74, 6) is 0.170. The largest absolute Gasteiger partial charge is 0.497 e. The molecule has 0 atom stereocenters.